The van der Waals surface area contributed by atoms with Crippen LogP contribution in [0.1, 0.15) is 41.7 Å². The van der Waals surface area contributed by atoms with Gasteiger partial charge in [0.25, 0.3) is 5.91 Å². The Balaban J connectivity index is 1.87. The third-order valence-corrected chi connectivity index (χ3v) is 4.04. The maximum Gasteiger partial charge on any atom is 0.257 e. The van der Waals surface area contributed by atoms with Crippen LogP contribution in [0.25, 0.3) is 0 Å². The van der Waals surface area contributed by atoms with Gasteiger partial charge in [0, 0.05) is 32.4 Å². The zero-order valence-electron chi connectivity index (χ0n) is 12.1. The van der Waals surface area contributed by atoms with Crippen molar-refractivity contribution < 1.29 is 4.79 Å². The fourth-order valence-electron chi connectivity index (χ4n) is 2.54. The van der Waals surface area contributed by atoms with Crippen molar-refractivity contribution in [1.29, 1.82) is 0 Å². The fourth-order valence-corrected chi connectivity index (χ4v) is 2.54. The summed E-state index contributed by atoms with van der Waals surface area (Å²) in [6.07, 6.45) is 6.50. The molecular formula is C14H24N4O. The minimum Gasteiger partial charge on any atom is -0.342 e. The van der Waals surface area contributed by atoms with Crippen molar-refractivity contribution in [3.05, 3.63) is 17.5 Å². The Morgan fingerprint density at radius 3 is 2.95 bits per heavy atom. The molecule has 5 nitrogen and oxygen atoms in total. The van der Waals surface area contributed by atoms with E-state index in [-0.39, 0.29) is 5.91 Å². The van der Waals surface area contributed by atoms with Crippen LogP contribution in [-0.2, 0) is 7.05 Å². The molecule has 0 radical (unpaired) electrons. The molecule has 1 aromatic rings. The van der Waals surface area contributed by atoms with E-state index >= 15 is 0 Å². The monoisotopic (exact) mass is 264 g/mol. The molecule has 1 amide bonds. The molecule has 106 valence electrons. The number of amides is 1. The van der Waals surface area contributed by atoms with E-state index in [1.807, 2.05) is 21.0 Å². The summed E-state index contributed by atoms with van der Waals surface area (Å²) >= 11 is 0. The van der Waals surface area contributed by atoms with Gasteiger partial charge in [0.05, 0.1) is 11.8 Å². The first-order chi connectivity index (χ1) is 9.09. The second-order valence-corrected chi connectivity index (χ2v) is 5.43. The summed E-state index contributed by atoms with van der Waals surface area (Å²) in [6.45, 7) is 3.84. The third-order valence-electron chi connectivity index (χ3n) is 4.04. The van der Waals surface area contributed by atoms with Crippen molar-refractivity contribution in [3.8, 4) is 0 Å². The van der Waals surface area contributed by atoms with Gasteiger partial charge in [0.15, 0.2) is 0 Å². The summed E-state index contributed by atoms with van der Waals surface area (Å²) in [6, 6.07) is 0.569. The number of rotatable bonds is 4. The zero-order chi connectivity index (χ0) is 13.8. The molecule has 19 heavy (non-hydrogen) atoms. The predicted molar refractivity (Wildman–Crippen MR) is 75.2 cm³/mol. The smallest absolute Gasteiger partial charge is 0.257 e. The second-order valence-electron chi connectivity index (χ2n) is 5.43. The van der Waals surface area contributed by atoms with Crippen molar-refractivity contribution >= 4 is 5.91 Å². The molecule has 1 fully saturated rings. The summed E-state index contributed by atoms with van der Waals surface area (Å²) in [5.41, 5.74) is 1.63. The highest BCUT2D eigenvalue weighted by atomic mass is 16.2. The number of piperidine rings is 1. The van der Waals surface area contributed by atoms with Crippen LogP contribution in [0.15, 0.2) is 6.20 Å². The molecular weight excluding hydrogens is 240 g/mol. The first kappa shape index (κ1) is 14.1. The molecule has 1 saturated heterocycles. The van der Waals surface area contributed by atoms with Gasteiger partial charge in [-0.3, -0.25) is 9.48 Å². The number of hydrogen-bond donors (Lipinski definition) is 1. The van der Waals surface area contributed by atoms with E-state index in [1.54, 1.807) is 15.8 Å². The van der Waals surface area contributed by atoms with Gasteiger partial charge >= 0.3 is 0 Å². The number of carbonyl (C=O) groups excluding carboxylic acids is 1. The van der Waals surface area contributed by atoms with E-state index in [0.717, 1.165) is 25.2 Å². The van der Waals surface area contributed by atoms with Crippen LogP contribution in [0.4, 0.5) is 0 Å². The van der Waals surface area contributed by atoms with Crippen molar-refractivity contribution in [2.24, 2.45) is 7.05 Å². The van der Waals surface area contributed by atoms with Crippen LogP contribution in [0.5, 0.6) is 0 Å². The van der Waals surface area contributed by atoms with Crippen molar-refractivity contribution in [2.45, 2.75) is 38.6 Å². The zero-order valence-corrected chi connectivity index (χ0v) is 12.1. The average Bonchev–Trinajstić information content (AvgIpc) is 2.77. The van der Waals surface area contributed by atoms with Gasteiger partial charge in [-0.2, -0.15) is 5.10 Å². The van der Waals surface area contributed by atoms with Gasteiger partial charge in [-0.25, -0.2) is 0 Å². The van der Waals surface area contributed by atoms with Gasteiger partial charge in [0.1, 0.15) is 0 Å². The van der Waals surface area contributed by atoms with Gasteiger partial charge in [-0.1, -0.05) is 6.42 Å². The number of aryl methyl sites for hydroxylation is 1. The van der Waals surface area contributed by atoms with E-state index in [4.69, 9.17) is 0 Å². The Labute approximate surface area is 115 Å². The number of nitrogens with one attached hydrogen (secondary N) is 1. The highest BCUT2D eigenvalue weighted by Crippen LogP contribution is 2.12. The number of hydrogen-bond acceptors (Lipinski definition) is 3. The standard InChI is InChI=1S/C14H24N4O/c1-11-13(10-16-18(11)3)14(19)17(2)9-7-12-6-4-5-8-15-12/h10,12,15H,4-9H2,1-3H3. The summed E-state index contributed by atoms with van der Waals surface area (Å²) in [5.74, 6) is 0.0707. The van der Waals surface area contributed by atoms with E-state index in [0.29, 0.717) is 11.6 Å². The van der Waals surface area contributed by atoms with Gasteiger partial charge in [-0.15, -0.1) is 0 Å². The topological polar surface area (TPSA) is 50.2 Å². The molecule has 0 bridgehead atoms. The third kappa shape index (κ3) is 3.35. The number of carbonyl (C=O) groups is 1. The van der Waals surface area contributed by atoms with Crippen LogP contribution < -0.4 is 5.32 Å². The fraction of sp³-hybridized carbons (Fsp3) is 0.714. The van der Waals surface area contributed by atoms with Crippen LogP contribution in [0, 0.1) is 6.92 Å². The first-order valence-corrected chi connectivity index (χ1v) is 7.07. The summed E-state index contributed by atoms with van der Waals surface area (Å²) in [7, 11) is 3.73. The number of nitrogens with zero attached hydrogens (tertiary/aromatic N) is 3. The predicted octanol–water partition coefficient (Wildman–Crippen LogP) is 1.33. The quantitative estimate of drug-likeness (QED) is 0.892. The average molecular weight is 264 g/mol. The molecule has 1 atom stereocenters. The van der Waals surface area contributed by atoms with Crippen molar-refractivity contribution in [3.63, 3.8) is 0 Å². The first-order valence-electron chi connectivity index (χ1n) is 7.07. The minimum atomic E-state index is 0.0707. The van der Waals surface area contributed by atoms with Crippen molar-refractivity contribution in [1.82, 2.24) is 20.0 Å². The van der Waals surface area contributed by atoms with Gasteiger partial charge < -0.3 is 10.2 Å². The Morgan fingerprint density at radius 2 is 2.37 bits per heavy atom. The highest BCUT2D eigenvalue weighted by molar-refractivity contribution is 5.94. The Morgan fingerprint density at radius 1 is 1.58 bits per heavy atom. The van der Waals surface area contributed by atoms with E-state index in [9.17, 15) is 4.79 Å². The summed E-state index contributed by atoms with van der Waals surface area (Å²) < 4.78 is 1.74. The lowest BCUT2D eigenvalue weighted by molar-refractivity contribution is 0.0787. The normalized spacial score (nSPS) is 19.4. The summed E-state index contributed by atoms with van der Waals surface area (Å²) in [4.78, 5) is 14.1. The Kier molecular flexibility index (Phi) is 4.58. The highest BCUT2D eigenvalue weighted by Gasteiger charge is 2.19. The molecule has 0 aromatic carbocycles. The molecule has 1 aliphatic rings. The number of aromatic nitrogens is 2. The lowest BCUT2D eigenvalue weighted by atomic mass is 10.0. The molecule has 2 heterocycles. The van der Waals surface area contributed by atoms with Crippen LogP contribution in [-0.4, -0.2) is 46.8 Å². The maximum absolute atomic E-state index is 12.3. The van der Waals surface area contributed by atoms with Crippen molar-refractivity contribution in [2.75, 3.05) is 20.1 Å². The van der Waals surface area contributed by atoms with Crippen LogP contribution in [0.3, 0.4) is 0 Å². The second kappa shape index (κ2) is 6.19. The Hall–Kier alpha value is -1.36. The van der Waals surface area contributed by atoms with Crippen LogP contribution >= 0.6 is 0 Å². The van der Waals surface area contributed by atoms with E-state index in [2.05, 4.69) is 10.4 Å². The largest absolute Gasteiger partial charge is 0.342 e. The molecule has 1 unspecified atom stereocenters. The summed E-state index contributed by atoms with van der Waals surface area (Å²) in [5, 5.41) is 7.64. The van der Waals surface area contributed by atoms with Crippen LogP contribution in [0.2, 0.25) is 0 Å². The van der Waals surface area contributed by atoms with E-state index in [1.165, 1.54) is 19.3 Å². The molecule has 2 rings (SSSR count). The Bertz CT molecular complexity index is 435. The maximum atomic E-state index is 12.3. The molecule has 5 heteroatoms. The van der Waals surface area contributed by atoms with Gasteiger partial charge in [-0.05, 0) is 32.7 Å². The lowest BCUT2D eigenvalue weighted by Crippen LogP contribution is -2.38. The lowest BCUT2D eigenvalue weighted by Gasteiger charge is -2.26. The molecule has 1 aliphatic heterocycles. The molecule has 1 aromatic heterocycles. The van der Waals surface area contributed by atoms with E-state index < -0.39 is 0 Å². The SMILES string of the molecule is Cc1c(C(=O)N(C)CCC2CCCCN2)cnn1C. The molecule has 1 N–H and O–H groups in total. The molecule has 0 aliphatic carbocycles. The minimum absolute atomic E-state index is 0.0707. The molecule has 0 spiro atoms. The molecule has 0 saturated carbocycles. The van der Waals surface area contributed by atoms with Gasteiger partial charge in [0.2, 0.25) is 0 Å².